The monoisotopic (exact) mass is 382 g/mol. The molecular formula is C18H20F2N2O3S. The highest BCUT2D eigenvalue weighted by Crippen LogP contribution is 2.33. The van der Waals surface area contributed by atoms with Crippen LogP contribution in [-0.2, 0) is 9.53 Å². The first-order valence-corrected chi connectivity index (χ1v) is 9.41. The van der Waals surface area contributed by atoms with Gasteiger partial charge >= 0.3 is 6.61 Å². The van der Waals surface area contributed by atoms with Gasteiger partial charge in [0.15, 0.2) is 5.13 Å². The van der Waals surface area contributed by atoms with Crippen molar-refractivity contribution in [1.29, 1.82) is 0 Å². The number of nitrogens with zero attached hydrogens (tertiary/aromatic N) is 1. The normalized spacial score (nSPS) is 15.2. The highest BCUT2D eigenvalue weighted by Gasteiger charge is 2.17. The summed E-state index contributed by atoms with van der Waals surface area (Å²) < 4.78 is 35.2. The lowest BCUT2D eigenvalue weighted by Crippen LogP contribution is -2.24. The number of rotatable bonds is 7. The van der Waals surface area contributed by atoms with E-state index >= 15 is 0 Å². The fourth-order valence-corrected chi connectivity index (χ4v) is 3.64. The summed E-state index contributed by atoms with van der Waals surface area (Å²) in [5.41, 5.74) is 0.915. The van der Waals surface area contributed by atoms with Crippen LogP contribution in [0.5, 0.6) is 5.75 Å². The number of anilines is 1. The number of aromatic nitrogens is 1. The van der Waals surface area contributed by atoms with Crippen molar-refractivity contribution < 1.29 is 23.0 Å². The van der Waals surface area contributed by atoms with Crippen LogP contribution in [0.2, 0.25) is 0 Å². The molecule has 1 aromatic heterocycles. The first kappa shape index (κ1) is 18.7. The van der Waals surface area contributed by atoms with Crippen molar-refractivity contribution in [3.63, 3.8) is 0 Å². The van der Waals surface area contributed by atoms with Gasteiger partial charge in [-0.25, -0.2) is 4.98 Å². The molecule has 5 nitrogen and oxygen atoms in total. The van der Waals surface area contributed by atoms with Crippen LogP contribution in [0.15, 0.2) is 29.6 Å². The highest BCUT2D eigenvalue weighted by molar-refractivity contribution is 7.14. The average Bonchev–Trinajstić information content (AvgIpc) is 3.09. The van der Waals surface area contributed by atoms with E-state index < -0.39 is 6.61 Å². The molecule has 140 valence electrons. The molecule has 1 saturated carbocycles. The van der Waals surface area contributed by atoms with Crippen LogP contribution in [-0.4, -0.2) is 30.2 Å². The molecule has 1 N–H and O–H groups in total. The Hall–Kier alpha value is -2.06. The van der Waals surface area contributed by atoms with Crippen molar-refractivity contribution in [2.24, 2.45) is 0 Å². The number of halogens is 2. The van der Waals surface area contributed by atoms with E-state index in [9.17, 15) is 13.6 Å². The number of hydrogen-bond donors (Lipinski definition) is 1. The predicted molar refractivity (Wildman–Crippen MR) is 95.6 cm³/mol. The summed E-state index contributed by atoms with van der Waals surface area (Å²) in [5, 5.41) is 4.76. The Bertz CT molecular complexity index is 733. The fraction of sp³-hybridized carbons (Fsp3) is 0.444. The summed E-state index contributed by atoms with van der Waals surface area (Å²) >= 11 is 1.22. The standard InChI is InChI=1S/C18H20F2N2O3S/c19-17(20)25-15-9-5-4-8-13(15)14-11-26-18(21-14)22-16(23)10-24-12-6-2-1-3-7-12/h4-5,8-9,11-12,17H,1-3,6-7,10H2,(H,21,22,23). The quantitative estimate of drug-likeness (QED) is 0.754. The lowest BCUT2D eigenvalue weighted by molar-refractivity contribution is -0.123. The minimum atomic E-state index is -2.91. The second-order valence-corrected chi connectivity index (χ2v) is 6.89. The van der Waals surface area contributed by atoms with Gasteiger partial charge in [0.05, 0.1) is 11.8 Å². The second-order valence-electron chi connectivity index (χ2n) is 6.03. The van der Waals surface area contributed by atoms with Crippen LogP contribution in [0, 0.1) is 0 Å². The lowest BCUT2D eigenvalue weighted by Gasteiger charge is -2.21. The first-order valence-electron chi connectivity index (χ1n) is 8.53. The number of ether oxygens (including phenoxy) is 2. The minimum absolute atomic E-state index is 0.00927. The molecule has 1 aliphatic rings. The van der Waals surface area contributed by atoms with E-state index in [4.69, 9.17) is 4.74 Å². The van der Waals surface area contributed by atoms with Crippen molar-refractivity contribution in [3.8, 4) is 17.0 Å². The average molecular weight is 382 g/mol. The van der Waals surface area contributed by atoms with Crippen LogP contribution >= 0.6 is 11.3 Å². The van der Waals surface area contributed by atoms with E-state index in [-0.39, 0.29) is 24.4 Å². The SMILES string of the molecule is O=C(COC1CCCCC1)Nc1nc(-c2ccccc2OC(F)F)cs1. The number of alkyl halides is 2. The topological polar surface area (TPSA) is 60.5 Å². The van der Waals surface area contributed by atoms with Gasteiger partial charge in [0.25, 0.3) is 5.91 Å². The zero-order chi connectivity index (χ0) is 18.4. The molecule has 0 saturated heterocycles. The number of benzene rings is 1. The molecule has 26 heavy (non-hydrogen) atoms. The van der Waals surface area contributed by atoms with E-state index in [0.717, 1.165) is 25.7 Å². The number of carbonyl (C=O) groups excluding carboxylic acids is 1. The van der Waals surface area contributed by atoms with Gasteiger partial charge in [-0.05, 0) is 25.0 Å². The molecule has 0 atom stereocenters. The Labute approximate surface area is 154 Å². The molecule has 0 bridgehead atoms. The van der Waals surface area contributed by atoms with Gasteiger partial charge in [-0.1, -0.05) is 31.4 Å². The maximum atomic E-state index is 12.5. The third-order valence-electron chi connectivity index (χ3n) is 4.13. The van der Waals surface area contributed by atoms with Crippen LogP contribution < -0.4 is 10.1 Å². The smallest absolute Gasteiger partial charge is 0.387 e. The molecule has 1 aromatic carbocycles. The van der Waals surface area contributed by atoms with E-state index in [1.165, 1.54) is 23.8 Å². The Morgan fingerprint density at radius 1 is 1.27 bits per heavy atom. The van der Waals surface area contributed by atoms with E-state index in [0.29, 0.717) is 16.4 Å². The number of carbonyl (C=O) groups is 1. The lowest BCUT2D eigenvalue weighted by atomic mass is 9.98. The summed E-state index contributed by atoms with van der Waals surface area (Å²) in [7, 11) is 0. The van der Waals surface area contributed by atoms with Crippen molar-refractivity contribution in [1.82, 2.24) is 4.98 Å². The van der Waals surface area contributed by atoms with Crippen molar-refractivity contribution >= 4 is 22.4 Å². The van der Waals surface area contributed by atoms with Crippen molar-refractivity contribution in [2.45, 2.75) is 44.8 Å². The molecule has 1 heterocycles. The molecule has 1 fully saturated rings. The maximum Gasteiger partial charge on any atom is 0.387 e. The number of para-hydroxylation sites is 1. The molecular weight excluding hydrogens is 362 g/mol. The van der Waals surface area contributed by atoms with E-state index in [1.807, 2.05) is 0 Å². The summed E-state index contributed by atoms with van der Waals surface area (Å²) in [4.78, 5) is 16.3. The zero-order valence-corrected chi connectivity index (χ0v) is 14.9. The molecule has 0 unspecified atom stereocenters. The molecule has 1 amide bonds. The summed E-state index contributed by atoms with van der Waals surface area (Å²) in [6.07, 6.45) is 5.65. The zero-order valence-electron chi connectivity index (χ0n) is 14.1. The summed E-state index contributed by atoms with van der Waals surface area (Å²) in [6.45, 7) is -2.92. The van der Waals surface area contributed by atoms with Crippen LogP contribution in [0.4, 0.5) is 13.9 Å². The van der Waals surface area contributed by atoms with E-state index in [1.54, 1.807) is 23.6 Å². The van der Waals surface area contributed by atoms with Gasteiger partial charge in [-0.15, -0.1) is 11.3 Å². The van der Waals surface area contributed by atoms with Crippen molar-refractivity contribution in [2.75, 3.05) is 11.9 Å². The summed E-state index contributed by atoms with van der Waals surface area (Å²) in [5.74, 6) is -0.222. The summed E-state index contributed by atoms with van der Waals surface area (Å²) in [6, 6.07) is 6.42. The molecule has 0 spiro atoms. The number of amides is 1. The van der Waals surface area contributed by atoms with Gasteiger partial charge in [0.1, 0.15) is 12.4 Å². The van der Waals surface area contributed by atoms with Gasteiger partial charge in [0.2, 0.25) is 0 Å². The fourth-order valence-electron chi connectivity index (χ4n) is 2.91. The maximum absolute atomic E-state index is 12.5. The third-order valence-corrected chi connectivity index (χ3v) is 4.89. The van der Waals surface area contributed by atoms with Gasteiger partial charge in [0, 0.05) is 10.9 Å². The van der Waals surface area contributed by atoms with Crippen LogP contribution in [0.25, 0.3) is 11.3 Å². The number of hydrogen-bond acceptors (Lipinski definition) is 5. The molecule has 3 rings (SSSR count). The third kappa shape index (κ3) is 5.22. The highest BCUT2D eigenvalue weighted by atomic mass is 32.1. The molecule has 8 heteroatoms. The van der Waals surface area contributed by atoms with Crippen molar-refractivity contribution in [3.05, 3.63) is 29.6 Å². The Balaban J connectivity index is 1.58. The second kappa shape index (κ2) is 9.05. The molecule has 2 aromatic rings. The minimum Gasteiger partial charge on any atom is -0.434 e. The van der Waals surface area contributed by atoms with Gasteiger partial charge in [-0.2, -0.15) is 8.78 Å². The number of nitrogens with one attached hydrogen (secondary N) is 1. The first-order chi connectivity index (χ1) is 12.6. The number of thiazole rings is 1. The van der Waals surface area contributed by atoms with Gasteiger partial charge < -0.3 is 9.47 Å². The van der Waals surface area contributed by atoms with Crippen LogP contribution in [0.3, 0.4) is 0 Å². The van der Waals surface area contributed by atoms with E-state index in [2.05, 4.69) is 15.0 Å². The molecule has 0 radical (unpaired) electrons. The Morgan fingerprint density at radius 3 is 2.81 bits per heavy atom. The largest absolute Gasteiger partial charge is 0.434 e. The Morgan fingerprint density at radius 2 is 2.04 bits per heavy atom. The molecule has 1 aliphatic carbocycles. The molecule has 0 aliphatic heterocycles. The Kier molecular flexibility index (Phi) is 6.51. The van der Waals surface area contributed by atoms with Crippen LogP contribution in [0.1, 0.15) is 32.1 Å². The van der Waals surface area contributed by atoms with Gasteiger partial charge in [-0.3, -0.25) is 10.1 Å². The predicted octanol–water partition coefficient (Wildman–Crippen LogP) is 4.70.